The lowest BCUT2D eigenvalue weighted by Gasteiger charge is -2.08. The van der Waals surface area contributed by atoms with Crippen molar-refractivity contribution in [1.29, 1.82) is 0 Å². The number of anilines is 2. The van der Waals surface area contributed by atoms with Gasteiger partial charge in [0.05, 0.1) is 40.2 Å². The van der Waals surface area contributed by atoms with Gasteiger partial charge in [0.2, 0.25) is 0 Å². The summed E-state index contributed by atoms with van der Waals surface area (Å²) >= 11 is 0. The number of fused-ring (bicyclic) bond motifs is 1. The van der Waals surface area contributed by atoms with E-state index in [4.69, 9.17) is 11.5 Å². The van der Waals surface area contributed by atoms with Crippen LogP contribution in [-0.2, 0) is 13.2 Å². The molecule has 1 aromatic carbocycles. The first-order valence-corrected chi connectivity index (χ1v) is 12.3. The van der Waals surface area contributed by atoms with E-state index in [1.165, 1.54) is 62.5 Å². The third-order valence-electron chi connectivity index (χ3n) is 6.00. The minimum atomic E-state index is -4.74. The Bertz CT molecular complexity index is 1610. The minimum absolute atomic E-state index is 0.0780. The zero-order valence-corrected chi connectivity index (χ0v) is 21.7. The van der Waals surface area contributed by atoms with E-state index in [1.807, 2.05) is 0 Å². The molecule has 0 atom stereocenters. The van der Waals surface area contributed by atoms with Gasteiger partial charge in [-0.1, -0.05) is 38.5 Å². The van der Waals surface area contributed by atoms with Crippen LogP contribution in [0.3, 0.4) is 0 Å². The molecule has 0 bridgehead atoms. The van der Waals surface area contributed by atoms with Crippen molar-refractivity contribution in [2.24, 2.45) is 7.05 Å². The van der Waals surface area contributed by atoms with Crippen LogP contribution in [0.15, 0.2) is 40.4 Å². The Hall–Kier alpha value is -4.50. The summed E-state index contributed by atoms with van der Waals surface area (Å²) in [5, 5.41) is 4.83. The van der Waals surface area contributed by atoms with E-state index >= 15 is 0 Å². The highest BCUT2D eigenvalue weighted by atomic mass is 19.4. The van der Waals surface area contributed by atoms with E-state index in [9.17, 15) is 35.9 Å². The number of hydrogen-bond donors (Lipinski definition) is 3. The molecule has 16 heteroatoms. The van der Waals surface area contributed by atoms with Crippen LogP contribution in [0.5, 0.6) is 0 Å². The maximum Gasteiger partial charge on any atom is 0.423 e. The Morgan fingerprint density at radius 1 is 0.976 bits per heavy atom. The van der Waals surface area contributed by atoms with Gasteiger partial charge in [0.1, 0.15) is 17.2 Å². The van der Waals surface area contributed by atoms with E-state index in [1.54, 1.807) is 5.10 Å². The molecule has 0 radical (unpaired) electrons. The molecule has 4 aromatic rings. The van der Waals surface area contributed by atoms with Crippen molar-refractivity contribution in [2.45, 2.75) is 51.1 Å². The molecule has 41 heavy (non-hydrogen) atoms. The number of rotatable bonds is 2. The Morgan fingerprint density at radius 2 is 1.59 bits per heavy atom. The standard InChI is InChI=1S/C14H10F3N5O.C6H12.C5H4F3N3O/c1-22-5-20-10-3-6(9(15)2-7(10)14(22)23)13-19-4-8(11(16)17)12(18)21-13;1-2-4-6-5-3-1;6-5(7,8)3-2(9)1-10-11-4(3)12/h2-5,11H,1H3,(H2,18,19,21);1-6H2;1H,(H3,9,11,12). The van der Waals surface area contributed by atoms with Crippen LogP contribution in [-0.4, -0.2) is 29.7 Å². The number of alkyl halides is 5. The molecule has 3 heterocycles. The van der Waals surface area contributed by atoms with Crippen LogP contribution >= 0.6 is 0 Å². The lowest BCUT2D eigenvalue weighted by Crippen LogP contribution is -2.24. The SMILES string of the molecule is C1CCCCC1.Cn1cnc2cc(-c3ncc(C(F)F)c(N)n3)c(F)cc2c1=O.Nc1cn[nH]c(=O)c1C(F)(F)F. The molecule has 220 valence electrons. The third-order valence-corrected chi connectivity index (χ3v) is 6.00. The first-order chi connectivity index (χ1) is 19.3. The normalized spacial score (nSPS) is 13.3. The van der Waals surface area contributed by atoms with Gasteiger partial charge in [-0.25, -0.2) is 33.2 Å². The number of aryl methyl sites for hydroxylation is 1. The Morgan fingerprint density at radius 3 is 2.07 bits per heavy atom. The largest absolute Gasteiger partial charge is 0.423 e. The Kier molecular flexibility index (Phi) is 10.0. The van der Waals surface area contributed by atoms with E-state index < -0.39 is 52.2 Å². The predicted octanol–water partition coefficient (Wildman–Crippen LogP) is 4.76. The molecule has 0 aliphatic heterocycles. The second-order valence-electron chi connectivity index (χ2n) is 8.99. The summed E-state index contributed by atoms with van der Waals surface area (Å²) in [4.78, 5) is 33.9. The van der Waals surface area contributed by atoms with Crippen molar-refractivity contribution >= 4 is 22.4 Å². The number of nitrogens with one attached hydrogen (secondary N) is 1. The second kappa shape index (κ2) is 13.2. The van der Waals surface area contributed by atoms with Gasteiger partial charge in [0.15, 0.2) is 5.82 Å². The fourth-order valence-electron chi connectivity index (χ4n) is 3.87. The zero-order chi connectivity index (χ0) is 30.3. The number of nitrogens with two attached hydrogens (primary N) is 2. The van der Waals surface area contributed by atoms with Gasteiger partial charge in [-0.3, -0.25) is 9.59 Å². The maximum atomic E-state index is 14.3. The maximum absolute atomic E-state index is 14.3. The van der Waals surface area contributed by atoms with E-state index in [2.05, 4.69) is 20.1 Å². The fraction of sp³-hybridized carbons (Fsp3) is 0.360. The van der Waals surface area contributed by atoms with Crippen molar-refractivity contribution in [3.05, 3.63) is 68.5 Å². The highest BCUT2D eigenvalue weighted by molar-refractivity contribution is 5.82. The van der Waals surface area contributed by atoms with Gasteiger partial charge in [0.25, 0.3) is 17.5 Å². The molecule has 10 nitrogen and oxygen atoms in total. The molecule has 5 N–H and O–H groups in total. The number of nitrogen functional groups attached to an aromatic ring is 2. The molecule has 0 saturated heterocycles. The highest BCUT2D eigenvalue weighted by Gasteiger charge is 2.36. The number of nitrogens with zero attached hydrogens (tertiary/aromatic N) is 5. The summed E-state index contributed by atoms with van der Waals surface area (Å²) in [7, 11) is 1.49. The van der Waals surface area contributed by atoms with Crippen molar-refractivity contribution in [2.75, 3.05) is 11.5 Å². The number of hydrogen-bond acceptors (Lipinski definition) is 8. The highest BCUT2D eigenvalue weighted by Crippen LogP contribution is 2.30. The van der Waals surface area contributed by atoms with Gasteiger partial charge < -0.3 is 16.0 Å². The van der Waals surface area contributed by atoms with Gasteiger partial charge in [-0.05, 0) is 12.1 Å². The number of benzene rings is 1. The van der Waals surface area contributed by atoms with Gasteiger partial charge >= 0.3 is 6.18 Å². The molecule has 1 fully saturated rings. The van der Waals surface area contributed by atoms with Crippen molar-refractivity contribution in [3.8, 4) is 11.4 Å². The summed E-state index contributed by atoms with van der Waals surface area (Å²) in [6.45, 7) is 0. The summed E-state index contributed by atoms with van der Waals surface area (Å²) in [5.74, 6) is -1.36. The number of aromatic nitrogens is 6. The van der Waals surface area contributed by atoms with Gasteiger partial charge in [0, 0.05) is 13.2 Å². The predicted molar refractivity (Wildman–Crippen MR) is 139 cm³/mol. The van der Waals surface area contributed by atoms with Crippen LogP contribution < -0.4 is 22.6 Å². The molecule has 3 aromatic heterocycles. The van der Waals surface area contributed by atoms with Crippen molar-refractivity contribution in [3.63, 3.8) is 0 Å². The number of H-pyrrole nitrogens is 1. The third kappa shape index (κ3) is 7.79. The first kappa shape index (κ1) is 31.0. The molecule has 1 aliphatic carbocycles. The fourth-order valence-corrected chi connectivity index (χ4v) is 3.87. The van der Waals surface area contributed by atoms with Crippen LogP contribution in [0.25, 0.3) is 22.3 Å². The molecule has 5 rings (SSSR count). The van der Waals surface area contributed by atoms with Crippen LogP contribution in [0.4, 0.5) is 37.8 Å². The molecular weight excluding hydrogens is 558 g/mol. The Labute approximate surface area is 228 Å². The molecule has 1 aliphatic rings. The van der Waals surface area contributed by atoms with E-state index in [0.717, 1.165) is 18.5 Å². The summed E-state index contributed by atoms with van der Waals surface area (Å²) in [6.07, 6.45) is 4.32. The molecule has 0 amide bonds. The van der Waals surface area contributed by atoms with Crippen LogP contribution in [0.1, 0.15) is 56.1 Å². The topological polar surface area (TPSA) is 158 Å². The molecule has 0 spiro atoms. The summed E-state index contributed by atoms with van der Waals surface area (Å²) < 4.78 is 76.7. The van der Waals surface area contributed by atoms with E-state index in [-0.39, 0.29) is 22.3 Å². The quantitative estimate of drug-likeness (QED) is 0.285. The summed E-state index contributed by atoms with van der Waals surface area (Å²) in [5.41, 5.74) is 6.17. The zero-order valence-electron chi connectivity index (χ0n) is 21.7. The summed E-state index contributed by atoms with van der Waals surface area (Å²) in [6, 6.07) is 2.30. The van der Waals surface area contributed by atoms with Crippen molar-refractivity contribution < 1.29 is 26.3 Å². The average molecular weight is 585 g/mol. The molecule has 0 unspecified atom stereocenters. The van der Waals surface area contributed by atoms with Crippen molar-refractivity contribution in [1.82, 2.24) is 29.7 Å². The average Bonchev–Trinajstić information content (AvgIpc) is 2.91. The lowest BCUT2D eigenvalue weighted by molar-refractivity contribution is -0.138. The monoisotopic (exact) mass is 584 g/mol. The van der Waals surface area contributed by atoms with Gasteiger partial charge in [-0.2, -0.15) is 18.3 Å². The van der Waals surface area contributed by atoms with Crippen LogP contribution in [0.2, 0.25) is 0 Å². The smallest absolute Gasteiger partial charge is 0.397 e. The minimum Gasteiger partial charge on any atom is -0.397 e. The number of halogens is 6. The lowest BCUT2D eigenvalue weighted by atomic mass is 10.0. The van der Waals surface area contributed by atoms with Crippen LogP contribution in [0, 0.1) is 5.82 Å². The van der Waals surface area contributed by atoms with Gasteiger partial charge in [-0.15, -0.1) is 0 Å². The first-order valence-electron chi connectivity index (χ1n) is 12.3. The molecular formula is C25H26F6N8O2. The molecule has 1 saturated carbocycles. The van der Waals surface area contributed by atoms with E-state index in [0.29, 0.717) is 0 Å². The number of aromatic amines is 1. The second-order valence-corrected chi connectivity index (χ2v) is 8.99. The Balaban J connectivity index is 0.000000212.